The van der Waals surface area contributed by atoms with Gasteiger partial charge in [-0.15, -0.1) is 0 Å². The van der Waals surface area contributed by atoms with Crippen LogP contribution >= 0.6 is 0 Å². The predicted octanol–water partition coefficient (Wildman–Crippen LogP) is 0.116. The number of rotatable bonds is 4. The minimum absolute atomic E-state index is 0.0338. The molecule has 5 heteroatoms. The highest BCUT2D eigenvalue weighted by Gasteiger charge is 2.25. The monoisotopic (exact) mass is 221 g/mol. The summed E-state index contributed by atoms with van der Waals surface area (Å²) < 4.78 is 0. The molecule has 0 spiro atoms. The van der Waals surface area contributed by atoms with E-state index in [-0.39, 0.29) is 18.4 Å². The molecule has 16 heavy (non-hydrogen) atoms. The number of carbonyl (C=O) groups excluding carboxylic acids is 1. The van der Waals surface area contributed by atoms with Crippen LogP contribution in [-0.2, 0) is 0 Å². The highest BCUT2D eigenvalue weighted by Crippen LogP contribution is 2.16. The number of nitrogens with zero attached hydrogens (tertiary/aromatic N) is 3. The van der Waals surface area contributed by atoms with Crippen LogP contribution in [0.4, 0.5) is 0 Å². The maximum Gasteiger partial charge on any atom is 0.196 e. The topological polar surface area (TPSA) is 66.3 Å². The van der Waals surface area contributed by atoms with Crippen LogP contribution in [0.2, 0.25) is 0 Å². The molecule has 86 valence electrons. The van der Waals surface area contributed by atoms with E-state index in [1.807, 2.05) is 4.90 Å². The van der Waals surface area contributed by atoms with E-state index in [0.29, 0.717) is 12.2 Å². The molecule has 0 aromatic carbocycles. The van der Waals surface area contributed by atoms with Gasteiger partial charge >= 0.3 is 0 Å². The lowest BCUT2D eigenvalue weighted by atomic mass is 10.2. The Balaban J connectivity index is 1.97. The third-order valence-electron chi connectivity index (χ3n) is 2.91. The van der Waals surface area contributed by atoms with Crippen molar-refractivity contribution in [3.8, 4) is 0 Å². The van der Waals surface area contributed by atoms with E-state index >= 15 is 0 Å². The maximum atomic E-state index is 11.8. The quantitative estimate of drug-likeness (QED) is 0.731. The largest absolute Gasteiger partial charge is 0.395 e. The van der Waals surface area contributed by atoms with Crippen molar-refractivity contribution in [2.75, 3.05) is 19.7 Å². The van der Waals surface area contributed by atoms with Crippen LogP contribution in [0.3, 0.4) is 0 Å². The van der Waals surface area contributed by atoms with E-state index in [1.54, 1.807) is 6.20 Å². The molecule has 2 heterocycles. The summed E-state index contributed by atoms with van der Waals surface area (Å²) >= 11 is 0. The molecule has 1 aromatic rings. The van der Waals surface area contributed by atoms with Crippen molar-refractivity contribution < 1.29 is 9.90 Å². The number of likely N-dealkylation sites (tertiary alicyclic amines) is 1. The minimum atomic E-state index is -0.0338. The van der Waals surface area contributed by atoms with Gasteiger partial charge < -0.3 is 5.11 Å². The third kappa shape index (κ3) is 2.43. The third-order valence-corrected chi connectivity index (χ3v) is 2.91. The number of hydrogen-bond acceptors (Lipinski definition) is 5. The molecular weight excluding hydrogens is 206 g/mol. The van der Waals surface area contributed by atoms with Crippen LogP contribution in [0.25, 0.3) is 0 Å². The molecule has 5 nitrogen and oxygen atoms in total. The molecule has 0 bridgehead atoms. The lowest BCUT2D eigenvalue weighted by Crippen LogP contribution is -2.36. The Bertz CT molecular complexity index is 356. The number of aliphatic hydroxyl groups excluding tert-OH is 1. The first-order valence-corrected chi connectivity index (χ1v) is 5.45. The van der Waals surface area contributed by atoms with Gasteiger partial charge in [-0.1, -0.05) is 0 Å². The van der Waals surface area contributed by atoms with E-state index in [9.17, 15) is 4.79 Å². The Morgan fingerprint density at radius 2 is 2.44 bits per heavy atom. The maximum absolute atomic E-state index is 11.8. The first-order valence-electron chi connectivity index (χ1n) is 5.45. The molecule has 2 rings (SSSR count). The Morgan fingerprint density at radius 1 is 1.56 bits per heavy atom. The first-order chi connectivity index (χ1) is 7.81. The molecule has 0 aliphatic carbocycles. The Labute approximate surface area is 94.1 Å². The molecule has 1 aliphatic heterocycles. The summed E-state index contributed by atoms with van der Waals surface area (Å²) in [4.78, 5) is 21.7. The molecule has 1 aliphatic rings. The fraction of sp³-hybridized carbons (Fsp3) is 0.545. The number of aromatic nitrogens is 2. The minimum Gasteiger partial charge on any atom is -0.395 e. The fourth-order valence-electron chi connectivity index (χ4n) is 2.02. The molecule has 1 fully saturated rings. The van der Waals surface area contributed by atoms with Crippen molar-refractivity contribution in [3.63, 3.8) is 0 Å². The van der Waals surface area contributed by atoms with E-state index in [4.69, 9.17) is 5.11 Å². The van der Waals surface area contributed by atoms with Crippen molar-refractivity contribution in [1.29, 1.82) is 0 Å². The van der Waals surface area contributed by atoms with Crippen LogP contribution in [0.15, 0.2) is 18.6 Å². The van der Waals surface area contributed by atoms with Gasteiger partial charge in [-0.25, -0.2) is 4.98 Å². The van der Waals surface area contributed by atoms with Gasteiger partial charge in [-0.3, -0.25) is 14.7 Å². The smallest absolute Gasteiger partial charge is 0.196 e. The average molecular weight is 221 g/mol. The van der Waals surface area contributed by atoms with Gasteiger partial charge in [0, 0.05) is 18.4 Å². The molecule has 0 amide bonds. The van der Waals surface area contributed by atoms with Gasteiger partial charge in [0.2, 0.25) is 0 Å². The van der Waals surface area contributed by atoms with E-state index in [0.717, 1.165) is 19.4 Å². The number of carbonyl (C=O) groups is 1. The molecule has 1 aromatic heterocycles. The van der Waals surface area contributed by atoms with E-state index in [1.165, 1.54) is 12.4 Å². The van der Waals surface area contributed by atoms with Gasteiger partial charge in [0.05, 0.1) is 19.3 Å². The van der Waals surface area contributed by atoms with Crippen LogP contribution in [0.5, 0.6) is 0 Å². The van der Waals surface area contributed by atoms with Gasteiger partial charge in [0.25, 0.3) is 0 Å². The lowest BCUT2D eigenvalue weighted by molar-refractivity contribution is 0.0882. The van der Waals surface area contributed by atoms with Crippen molar-refractivity contribution in [3.05, 3.63) is 24.3 Å². The van der Waals surface area contributed by atoms with Crippen molar-refractivity contribution >= 4 is 5.78 Å². The summed E-state index contributed by atoms with van der Waals surface area (Å²) in [5.41, 5.74) is 0.395. The molecule has 1 N–H and O–H groups in total. The number of aliphatic hydroxyl groups is 1. The van der Waals surface area contributed by atoms with E-state index in [2.05, 4.69) is 9.97 Å². The number of hydrogen-bond donors (Lipinski definition) is 1. The van der Waals surface area contributed by atoms with Crippen LogP contribution in [0.1, 0.15) is 23.3 Å². The Hall–Kier alpha value is -1.33. The van der Waals surface area contributed by atoms with Crippen LogP contribution < -0.4 is 0 Å². The number of ketones is 1. The lowest BCUT2D eigenvalue weighted by Gasteiger charge is -2.21. The Morgan fingerprint density at radius 3 is 3.12 bits per heavy atom. The standard InChI is InChI=1S/C11H15N3O2/c15-8-9-2-1-5-14(9)7-11(16)10-6-12-3-4-13-10/h3-4,6,9,15H,1-2,5,7-8H2. The SMILES string of the molecule is O=C(CN1CCCC1CO)c1cnccn1. The summed E-state index contributed by atoms with van der Waals surface area (Å²) in [5, 5.41) is 9.14. The normalized spacial score (nSPS) is 21.2. The van der Waals surface area contributed by atoms with E-state index < -0.39 is 0 Å². The van der Waals surface area contributed by atoms with Gasteiger partial charge in [-0.05, 0) is 19.4 Å². The zero-order chi connectivity index (χ0) is 11.4. The molecule has 0 radical (unpaired) electrons. The summed E-state index contributed by atoms with van der Waals surface area (Å²) in [6.07, 6.45) is 6.54. The second-order valence-electron chi connectivity index (χ2n) is 3.96. The first kappa shape index (κ1) is 11.2. The zero-order valence-corrected chi connectivity index (χ0v) is 9.04. The summed E-state index contributed by atoms with van der Waals surface area (Å²) in [6, 6.07) is 0.126. The van der Waals surface area contributed by atoms with Crippen molar-refractivity contribution in [1.82, 2.24) is 14.9 Å². The molecule has 1 unspecified atom stereocenters. The Kier molecular flexibility index (Phi) is 3.58. The predicted molar refractivity (Wildman–Crippen MR) is 58.0 cm³/mol. The number of Topliss-reactive ketones (excluding diaryl/α,β-unsaturated/α-hetero) is 1. The highest BCUT2D eigenvalue weighted by atomic mass is 16.3. The zero-order valence-electron chi connectivity index (χ0n) is 9.04. The second kappa shape index (κ2) is 5.14. The second-order valence-corrected chi connectivity index (χ2v) is 3.96. The average Bonchev–Trinajstić information content (AvgIpc) is 2.77. The molecule has 1 saturated heterocycles. The highest BCUT2D eigenvalue weighted by molar-refractivity contribution is 5.95. The van der Waals surface area contributed by atoms with Crippen LogP contribution in [-0.4, -0.2) is 51.5 Å². The van der Waals surface area contributed by atoms with Gasteiger partial charge in [-0.2, -0.15) is 0 Å². The fourth-order valence-corrected chi connectivity index (χ4v) is 2.02. The van der Waals surface area contributed by atoms with Gasteiger partial charge in [0.15, 0.2) is 5.78 Å². The summed E-state index contributed by atoms with van der Waals surface area (Å²) in [5.74, 6) is -0.0338. The summed E-state index contributed by atoms with van der Waals surface area (Å²) in [6.45, 7) is 1.31. The van der Waals surface area contributed by atoms with Gasteiger partial charge in [0.1, 0.15) is 5.69 Å². The molecule has 1 atom stereocenters. The molecule has 0 saturated carbocycles. The van der Waals surface area contributed by atoms with Crippen molar-refractivity contribution in [2.45, 2.75) is 18.9 Å². The van der Waals surface area contributed by atoms with Crippen molar-refractivity contribution in [2.24, 2.45) is 0 Å². The summed E-state index contributed by atoms with van der Waals surface area (Å²) in [7, 11) is 0. The van der Waals surface area contributed by atoms with Crippen LogP contribution in [0, 0.1) is 0 Å². The molecular formula is C11H15N3O2.